The molecule has 19 heavy (non-hydrogen) atoms. The summed E-state index contributed by atoms with van der Waals surface area (Å²) in [5, 5.41) is 5.71. The summed E-state index contributed by atoms with van der Waals surface area (Å²) in [5.41, 5.74) is 1.35. The van der Waals surface area contributed by atoms with Crippen molar-refractivity contribution in [1.29, 1.82) is 0 Å². The first-order chi connectivity index (χ1) is 9.01. The Morgan fingerprint density at radius 1 is 1.05 bits per heavy atom. The van der Waals surface area contributed by atoms with E-state index in [1.807, 2.05) is 0 Å². The molecule has 0 saturated carbocycles. The van der Waals surface area contributed by atoms with Crippen LogP contribution in [0.4, 0.5) is 22.0 Å². The monoisotopic (exact) mass is 262 g/mol. The number of pyridine rings is 1. The van der Waals surface area contributed by atoms with Gasteiger partial charge in [0.15, 0.2) is 5.82 Å². The van der Waals surface area contributed by atoms with Gasteiger partial charge in [-0.3, -0.25) is 4.98 Å². The summed E-state index contributed by atoms with van der Waals surface area (Å²) < 4.78 is 14.0. The predicted octanol–water partition coefficient (Wildman–Crippen LogP) is 2.12. The summed E-state index contributed by atoms with van der Waals surface area (Å²) in [5.74, 6) is 0.873. The molecule has 0 aliphatic rings. The van der Waals surface area contributed by atoms with Crippen LogP contribution in [0.15, 0.2) is 6.20 Å². The number of rotatable bonds is 3. The number of halogens is 1. The highest BCUT2D eigenvalue weighted by Crippen LogP contribution is 2.23. The lowest BCUT2D eigenvalue weighted by atomic mass is 10.2. The Hall–Kier alpha value is -2.31. The second kappa shape index (κ2) is 5.13. The number of aryl methyl sites for hydroxylation is 3. The van der Waals surface area contributed by atoms with Gasteiger partial charge in [0.25, 0.3) is 0 Å². The molecule has 0 amide bonds. The third kappa shape index (κ3) is 2.75. The van der Waals surface area contributed by atoms with Gasteiger partial charge in [0.1, 0.15) is 5.82 Å². The van der Waals surface area contributed by atoms with E-state index in [2.05, 4.69) is 30.6 Å². The van der Waals surface area contributed by atoms with Crippen molar-refractivity contribution in [3.63, 3.8) is 0 Å². The zero-order valence-electron chi connectivity index (χ0n) is 11.2. The molecule has 0 aliphatic carbocycles. The van der Waals surface area contributed by atoms with E-state index in [4.69, 9.17) is 0 Å². The largest absolute Gasteiger partial charge is 0.357 e. The normalized spacial score (nSPS) is 10.4. The van der Waals surface area contributed by atoms with Crippen LogP contribution in [0.1, 0.15) is 17.1 Å². The summed E-state index contributed by atoms with van der Waals surface area (Å²) in [6.07, 6.45) is 1.60. The zero-order chi connectivity index (χ0) is 14.0. The van der Waals surface area contributed by atoms with Crippen LogP contribution in [-0.4, -0.2) is 27.0 Å². The van der Waals surface area contributed by atoms with Crippen LogP contribution < -0.4 is 10.6 Å². The first kappa shape index (κ1) is 13.1. The van der Waals surface area contributed by atoms with Crippen LogP contribution in [0.5, 0.6) is 0 Å². The van der Waals surface area contributed by atoms with E-state index < -0.39 is 5.82 Å². The maximum absolute atomic E-state index is 14.0. The SMILES string of the molecule is CNc1nc(C)nc(Nc2c(C)cnc(C)c2F)n1. The fourth-order valence-corrected chi connectivity index (χ4v) is 1.58. The van der Waals surface area contributed by atoms with Crippen molar-refractivity contribution in [2.75, 3.05) is 17.7 Å². The maximum Gasteiger partial charge on any atom is 0.232 e. The average molecular weight is 262 g/mol. The first-order valence-electron chi connectivity index (χ1n) is 5.80. The third-order valence-electron chi connectivity index (χ3n) is 2.59. The molecule has 2 N–H and O–H groups in total. The Kier molecular flexibility index (Phi) is 3.55. The summed E-state index contributed by atoms with van der Waals surface area (Å²) in [6, 6.07) is 0. The van der Waals surface area contributed by atoms with E-state index in [1.165, 1.54) is 0 Å². The van der Waals surface area contributed by atoms with E-state index in [1.54, 1.807) is 34.0 Å². The van der Waals surface area contributed by atoms with E-state index in [9.17, 15) is 4.39 Å². The molecule has 2 aromatic heterocycles. The van der Waals surface area contributed by atoms with Crippen molar-refractivity contribution in [2.45, 2.75) is 20.8 Å². The molecule has 100 valence electrons. The molecule has 2 heterocycles. The molecule has 0 radical (unpaired) electrons. The van der Waals surface area contributed by atoms with Gasteiger partial charge in [-0.25, -0.2) is 4.39 Å². The molecule has 6 nitrogen and oxygen atoms in total. The Morgan fingerprint density at radius 2 is 1.74 bits per heavy atom. The van der Waals surface area contributed by atoms with E-state index in [0.717, 1.165) is 0 Å². The van der Waals surface area contributed by atoms with Gasteiger partial charge in [0, 0.05) is 13.2 Å². The summed E-state index contributed by atoms with van der Waals surface area (Å²) >= 11 is 0. The second-order valence-electron chi connectivity index (χ2n) is 4.12. The number of hydrogen-bond donors (Lipinski definition) is 2. The highest BCUT2D eigenvalue weighted by molar-refractivity contribution is 5.59. The second-order valence-corrected chi connectivity index (χ2v) is 4.12. The number of nitrogens with zero attached hydrogens (tertiary/aromatic N) is 4. The van der Waals surface area contributed by atoms with Gasteiger partial charge in [0.2, 0.25) is 11.9 Å². The molecule has 0 bridgehead atoms. The minimum Gasteiger partial charge on any atom is -0.357 e. The molecule has 0 atom stereocenters. The lowest BCUT2D eigenvalue weighted by Crippen LogP contribution is -2.07. The average Bonchev–Trinajstić information content (AvgIpc) is 2.38. The summed E-state index contributed by atoms with van der Waals surface area (Å²) in [6.45, 7) is 5.12. The molecule has 0 fully saturated rings. The van der Waals surface area contributed by atoms with Crippen LogP contribution in [0.2, 0.25) is 0 Å². The maximum atomic E-state index is 14.0. The molecule has 0 saturated heterocycles. The molecule has 0 aromatic carbocycles. The van der Waals surface area contributed by atoms with Crippen molar-refractivity contribution in [1.82, 2.24) is 19.9 Å². The highest BCUT2D eigenvalue weighted by Gasteiger charge is 2.12. The minimum absolute atomic E-state index is 0.296. The minimum atomic E-state index is -0.399. The number of hydrogen-bond acceptors (Lipinski definition) is 6. The van der Waals surface area contributed by atoms with Crippen molar-refractivity contribution < 1.29 is 4.39 Å². The fourth-order valence-electron chi connectivity index (χ4n) is 1.58. The van der Waals surface area contributed by atoms with Gasteiger partial charge in [-0.15, -0.1) is 0 Å². The molecule has 7 heteroatoms. The van der Waals surface area contributed by atoms with E-state index >= 15 is 0 Å². The van der Waals surface area contributed by atoms with Crippen LogP contribution in [0.3, 0.4) is 0 Å². The fraction of sp³-hybridized carbons (Fsp3) is 0.333. The standard InChI is InChI=1S/C12H15FN6/c1-6-5-15-7(2)9(13)10(6)18-12-17-8(3)16-11(14-4)19-12/h5H,1-4H3,(H2,14,15,16,17,18,19). The van der Waals surface area contributed by atoms with Gasteiger partial charge in [-0.1, -0.05) is 0 Å². The van der Waals surface area contributed by atoms with Crippen LogP contribution in [-0.2, 0) is 0 Å². The summed E-state index contributed by atoms with van der Waals surface area (Å²) in [7, 11) is 1.71. The number of aromatic nitrogens is 4. The molecule has 0 spiro atoms. The highest BCUT2D eigenvalue weighted by atomic mass is 19.1. The van der Waals surface area contributed by atoms with Crippen LogP contribution >= 0.6 is 0 Å². The Bertz CT molecular complexity index is 613. The zero-order valence-corrected chi connectivity index (χ0v) is 11.2. The Labute approximate surface area is 110 Å². The van der Waals surface area contributed by atoms with Gasteiger partial charge in [-0.05, 0) is 26.3 Å². The molecular weight excluding hydrogens is 247 g/mol. The van der Waals surface area contributed by atoms with Crippen molar-refractivity contribution in [3.05, 3.63) is 29.1 Å². The smallest absolute Gasteiger partial charge is 0.232 e. The van der Waals surface area contributed by atoms with Gasteiger partial charge in [-0.2, -0.15) is 15.0 Å². The lowest BCUT2D eigenvalue weighted by molar-refractivity contribution is 0.612. The molecular formula is C12H15FN6. The Balaban J connectivity index is 2.41. The van der Waals surface area contributed by atoms with Gasteiger partial charge < -0.3 is 10.6 Å². The van der Waals surface area contributed by atoms with Crippen molar-refractivity contribution >= 4 is 17.6 Å². The number of anilines is 3. The van der Waals surface area contributed by atoms with E-state index in [0.29, 0.717) is 34.7 Å². The summed E-state index contributed by atoms with van der Waals surface area (Å²) in [4.78, 5) is 16.3. The van der Waals surface area contributed by atoms with E-state index in [-0.39, 0.29) is 0 Å². The van der Waals surface area contributed by atoms with Crippen molar-refractivity contribution in [2.24, 2.45) is 0 Å². The first-order valence-corrected chi connectivity index (χ1v) is 5.80. The molecule has 0 unspecified atom stereocenters. The molecule has 2 rings (SSSR count). The number of nitrogens with one attached hydrogen (secondary N) is 2. The third-order valence-corrected chi connectivity index (χ3v) is 2.59. The van der Waals surface area contributed by atoms with Gasteiger partial charge in [0.05, 0.1) is 11.4 Å². The Morgan fingerprint density at radius 3 is 2.42 bits per heavy atom. The van der Waals surface area contributed by atoms with Gasteiger partial charge >= 0.3 is 0 Å². The predicted molar refractivity (Wildman–Crippen MR) is 71.1 cm³/mol. The lowest BCUT2D eigenvalue weighted by Gasteiger charge is -2.11. The van der Waals surface area contributed by atoms with Crippen molar-refractivity contribution in [3.8, 4) is 0 Å². The quantitative estimate of drug-likeness (QED) is 0.882. The molecule has 0 aliphatic heterocycles. The van der Waals surface area contributed by atoms with Crippen LogP contribution in [0.25, 0.3) is 0 Å². The molecule has 2 aromatic rings. The topological polar surface area (TPSA) is 75.6 Å². The van der Waals surface area contributed by atoms with Crippen LogP contribution in [0, 0.1) is 26.6 Å².